The summed E-state index contributed by atoms with van der Waals surface area (Å²) in [5.74, 6) is 0.637. The molecule has 0 saturated carbocycles. The van der Waals surface area contributed by atoms with E-state index in [-0.39, 0.29) is 11.4 Å². The third-order valence-electron chi connectivity index (χ3n) is 3.37. The number of nitrogens with two attached hydrogens (primary N) is 1. The molecule has 0 amide bonds. The van der Waals surface area contributed by atoms with Crippen molar-refractivity contribution in [3.63, 3.8) is 0 Å². The van der Waals surface area contributed by atoms with Gasteiger partial charge in [0, 0.05) is 31.8 Å². The lowest BCUT2D eigenvalue weighted by atomic mass is 10.2. The van der Waals surface area contributed by atoms with Crippen molar-refractivity contribution in [2.24, 2.45) is 5.73 Å². The lowest BCUT2D eigenvalue weighted by molar-refractivity contribution is 0.148. The van der Waals surface area contributed by atoms with Gasteiger partial charge in [0.05, 0.1) is 18.1 Å². The predicted octanol–water partition coefficient (Wildman–Crippen LogP) is 0.955. The maximum atomic E-state index is 12.7. The molecule has 0 aromatic heterocycles. The van der Waals surface area contributed by atoms with Gasteiger partial charge in [0.15, 0.2) is 0 Å². The summed E-state index contributed by atoms with van der Waals surface area (Å²) in [7, 11) is -3.51. The van der Waals surface area contributed by atoms with E-state index in [4.69, 9.17) is 15.2 Å². The van der Waals surface area contributed by atoms with Gasteiger partial charge in [0.1, 0.15) is 5.75 Å². The molecular weight excluding hydrogens is 292 g/mol. The van der Waals surface area contributed by atoms with E-state index in [9.17, 15) is 8.42 Å². The van der Waals surface area contributed by atoms with Crippen LogP contribution in [0.4, 0.5) is 0 Å². The number of rotatable bonds is 5. The van der Waals surface area contributed by atoms with Crippen molar-refractivity contribution in [1.82, 2.24) is 4.31 Å². The first kappa shape index (κ1) is 16.2. The molecule has 1 aliphatic heterocycles. The fraction of sp³-hybridized carbons (Fsp3) is 0.571. The largest absolute Gasteiger partial charge is 0.494 e. The summed E-state index contributed by atoms with van der Waals surface area (Å²) in [6.45, 7) is 4.52. The fourth-order valence-electron chi connectivity index (χ4n) is 2.28. The number of nitrogens with zero attached hydrogens (tertiary/aromatic N) is 1. The Morgan fingerprint density at radius 2 is 2.14 bits per heavy atom. The number of hydrogen-bond acceptors (Lipinski definition) is 5. The Balaban J connectivity index is 2.30. The molecular formula is C14H22N2O4S. The molecule has 0 radical (unpaired) electrons. The van der Waals surface area contributed by atoms with Gasteiger partial charge >= 0.3 is 0 Å². The number of hydrogen-bond donors (Lipinski definition) is 1. The molecule has 1 aliphatic rings. The van der Waals surface area contributed by atoms with Crippen molar-refractivity contribution in [1.29, 1.82) is 0 Å². The summed E-state index contributed by atoms with van der Waals surface area (Å²) in [5.41, 5.74) is 6.39. The zero-order valence-corrected chi connectivity index (χ0v) is 13.1. The molecule has 2 N–H and O–H groups in total. The minimum atomic E-state index is -3.51. The third-order valence-corrected chi connectivity index (χ3v) is 5.27. The van der Waals surface area contributed by atoms with E-state index in [1.54, 1.807) is 18.2 Å². The van der Waals surface area contributed by atoms with Crippen LogP contribution in [-0.4, -0.2) is 45.6 Å². The van der Waals surface area contributed by atoms with Crippen LogP contribution in [-0.2, 0) is 21.3 Å². The second kappa shape index (κ2) is 7.22. The quantitative estimate of drug-likeness (QED) is 0.875. The van der Waals surface area contributed by atoms with E-state index in [2.05, 4.69) is 0 Å². The van der Waals surface area contributed by atoms with Gasteiger partial charge in [-0.3, -0.25) is 0 Å². The Morgan fingerprint density at radius 1 is 1.33 bits per heavy atom. The standard InChI is InChI=1S/C14H22N2O4S/c1-2-20-14-5-4-13(10-12(14)11-15)21(17,18)16-6-3-8-19-9-7-16/h4-5,10H,2-3,6-9,11,15H2,1H3. The molecule has 2 rings (SSSR count). The first-order valence-corrected chi connectivity index (χ1v) is 8.57. The van der Waals surface area contributed by atoms with Crippen LogP contribution in [0.3, 0.4) is 0 Å². The fourth-order valence-corrected chi connectivity index (χ4v) is 3.80. The number of benzene rings is 1. The highest BCUT2D eigenvalue weighted by Gasteiger charge is 2.26. The lowest BCUT2D eigenvalue weighted by Gasteiger charge is -2.20. The van der Waals surface area contributed by atoms with Gasteiger partial charge in [-0.2, -0.15) is 4.31 Å². The molecule has 7 heteroatoms. The molecule has 0 spiro atoms. The van der Waals surface area contributed by atoms with E-state index in [0.717, 1.165) is 0 Å². The molecule has 0 bridgehead atoms. The summed E-state index contributed by atoms with van der Waals surface area (Å²) in [6.07, 6.45) is 0.708. The van der Waals surface area contributed by atoms with Crippen LogP contribution in [0.5, 0.6) is 5.75 Å². The Bertz CT molecular complexity index is 566. The van der Waals surface area contributed by atoms with Crippen LogP contribution in [0.25, 0.3) is 0 Å². The maximum Gasteiger partial charge on any atom is 0.243 e. The summed E-state index contributed by atoms with van der Waals surface area (Å²) in [5, 5.41) is 0. The van der Waals surface area contributed by atoms with Gasteiger partial charge in [-0.1, -0.05) is 0 Å². The summed E-state index contributed by atoms with van der Waals surface area (Å²) >= 11 is 0. The Labute approximate surface area is 125 Å². The second-order valence-corrected chi connectivity index (χ2v) is 6.71. The normalized spacial score (nSPS) is 17.4. The Hall–Kier alpha value is -1.15. The average molecular weight is 314 g/mol. The number of ether oxygens (including phenoxy) is 2. The summed E-state index contributed by atoms with van der Waals surface area (Å²) in [6, 6.07) is 4.85. The van der Waals surface area contributed by atoms with E-state index < -0.39 is 10.0 Å². The van der Waals surface area contributed by atoms with Crippen molar-refractivity contribution >= 4 is 10.0 Å². The smallest absolute Gasteiger partial charge is 0.243 e. The zero-order chi connectivity index (χ0) is 15.3. The topological polar surface area (TPSA) is 81.9 Å². The van der Waals surface area contributed by atoms with Crippen molar-refractivity contribution in [3.8, 4) is 5.75 Å². The summed E-state index contributed by atoms with van der Waals surface area (Å²) < 4.78 is 37.6. The molecule has 1 aromatic carbocycles. The highest BCUT2D eigenvalue weighted by Crippen LogP contribution is 2.25. The Morgan fingerprint density at radius 3 is 2.86 bits per heavy atom. The van der Waals surface area contributed by atoms with Gasteiger partial charge in [-0.25, -0.2) is 8.42 Å². The monoisotopic (exact) mass is 314 g/mol. The van der Waals surface area contributed by atoms with Crippen molar-refractivity contribution in [2.75, 3.05) is 32.9 Å². The van der Waals surface area contributed by atoms with E-state index in [1.807, 2.05) is 6.92 Å². The average Bonchev–Trinajstić information content (AvgIpc) is 2.77. The highest BCUT2D eigenvalue weighted by atomic mass is 32.2. The van der Waals surface area contributed by atoms with Crippen molar-refractivity contribution in [2.45, 2.75) is 24.8 Å². The van der Waals surface area contributed by atoms with Gasteiger partial charge in [0.2, 0.25) is 10.0 Å². The molecule has 1 aromatic rings. The molecule has 0 aliphatic carbocycles. The molecule has 1 heterocycles. The minimum Gasteiger partial charge on any atom is -0.494 e. The van der Waals surface area contributed by atoms with Gasteiger partial charge in [-0.15, -0.1) is 0 Å². The van der Waals surface area contributed by atoms with Crippen molar-refractivity contribution in [3.05, 3.63) is 23.8 Å². The summed E-state index contributed by atoms with van der Waals surface area (Å²) in [4.78, 5) is 0.258. The number of sulfonamides is 1. The van der Waals surface area contributed by atoms with Gasteiger partial charge in [0.25, 0.3) is 0 Å². The van der Waals surface area contributed by atoms with E-state index in [0.29, 0.717) is 50.6 Å². The van der Waals surface area contributed by atoms with Crippen LogP contribution in [0.15, 0.2) is 23.1 Å². The third kappa shape index (κ3) is 3.74. The molecule has 0 atom stereocenters. The van der Waals surface area contributed by atoms with E-state index in [1.165, 1.54) is 4.31 Å². The first-order chi connectivity index (χ1) is 10.1. The Kier molecular flexibility index (Phi) is 5.58. The molecule has 1 fully saturated rings. The van der Waals surface area contributed by atoms with Crippen LogP contribution < -0.4 is 10.5 Å². The van der Waals surface area contributed by atoms with Crippen LogP contribution in [0.1, 0.15) is 18.9 Å². The minimum absolute atomic E-state index is 0.238. The van der Waals surface area contributed by atoms with Gasteiger partial charge < -0.3 is 15.2 Å². The van der Waals surface area contributed by atoms with Crippen molar-refractivity contribution < 1.29 is 17.9 Å². The SMILES string of the molecule is CCOc1ccc(S(=O)(=O)N2CCCOCC2)cc1CN. The molecule has 21 heavy (non-hydrogen) atoms. The van der Waals surface area contributed by atoms with Gasteiger partial charge in [-0.05, 0) is 31.5 Å². The molecule has 1 saturated heterocycles. The van der Waals surface area contributed by atoms with Crippen LogP contribution >= 0.6 is 0 Å². The molecule has 118 valence electrons. The highest BCUT2D eigenvalue weighted by molar-refractivity contribution is 7.89. The van der Waals surface area contributed by atoms with E-state index >= 15 is 0 Å². The predicted molar refractivity (Wildman–Crippen MR) is 79.7 cm³/mol. The van der Waals surface area contributed by atoms with Crippen LogP contribution in [0.2, 0.25) is 0 Å². The first-order valence-electron chi connectivity index (χ1n) is 7.13. The molecule has 0 unspecified atom stereocenters. The van der Waals surface area contributed by atoms with Crippen LogP contribution in [0, 0.1) is 0 Å². The zero-order valence-electron chi connectivity index (χ0n) is 12.2. The lowest BCUT2D eigenvalue weighted by Crippen LogP contribution is -2.33. The maximum absolute atomic E-state index is 12.7. The second-order valence-electron chi connectivity index (χ2n) is 4.78. The molecule has 6 nitrogen and oxygen atoms in total.